The molecule has 0 bridgehead atoms. The minimum absolute atomic E-state index is 0.285. The number of hydrogen-bond donors (Lipinski definition) is 3. The largest absolute Gasteiger partial charge is 0.478 e. The number of anilines is 1. The first-order valence-electron chi connectivity index (χ1n) is 4.76. The maximum Gasteiger partial charge on any atom is 0.328 e. The molecule has 6 heteroatoms. The summed E-state index contributed by atoms with van der Waals surface area (Å²) in [7, 11) is 0. The molecule has 0 unspecified atom stereocenters. The number of rotatable bonds is 4. The fourth-order valence-electron chi connectivity index (χ4n) is 1.01. The molecule has 86 valence electrons. The summed E-state index contributed by atoms with van der Waals surface area (Å²) in [4.78, 5) is 21.3. The zero-order valence-corrected chi connectivity index (χ0v) is 9.02. The lowest BCUT2D eigenvalue weighted by atomic mass is 10.1. The summed E-state index contributed by atoms with van der Waals surface area (Å²) < 4.78 is 0. The number of carboxylic acids is 1. The fraction of sp³-hybridized carbons (Fsp3) is 0.300. The highest BCUT2D eigenvalue weighted by atomic mass is 16.4. The van der Waals surface area contributed by atoms with E-state index in [9.17, 15) is 9.59 Å². The number of aliphatic carboxylic acids is 1. The van der Waals surface area contributed by atoms with Crippen LogP contribution in [0, 0.1) is 0 Å². The quantitative estimate of drug-likeness (QED) is 0.666. The van der Waals surface area contributed by atoms with E-state index in [4.69, 9.17) is 5.11 Å². The van der Waals surface area contributed by atoms with Gasteiger partial charge in [-0.1, -0.05) is 13.8 Å². The molecule has 0 aliphatic rings. The summed E-state index contributed by atoms with van der Waals surface area (Å²) >= 11 is 0. The number of nitrogens with one attached hydrogen (secondary N) is 2. The van der Waals surface area contributed by atoms with E-state index in [1.54, 1.807) is 6.07 Å². The Morgan fingerprint density at radius 3 is 2.69 bits per heavy atom. The lowest BCUT2D eigenvalue weighted by Crippen LogP contribution is -2.08. The zero-order valence-electron chi connectivity index (χ0n) is 9.02. The van der Waals surface area contributed by atoms with Crippen molar-refractivity contribution < 1.29 is 14.7 Å². The van der Waals surface area contributed by atoms with Crippen molar-refractivity contribution in [2.24, 2.45) is 0 Å². The van der Waals surface area contributed by atoms with Crippen LogP contribution in [0.25, 0.3) is 0 Å². The van der Waals surface area contributed by atoms with Crippen molar-refractivity contribution >= 4 is 17.7 Å². The van der Waals surface area contributed by atoms with Crippen LogP contribution in [0.15, 0.2) is 18.2 Å². The van der Waals surface area contributed by atoms with E-state index in [1.165, 1.54) is 0 Å². The number of aromatic nitrogens is 2. The van der Waals surface area contributed by atoms with Gasteiger partial charge in [0.15, 0.2) is 5.82 Å². The Balaban J connectivity index is 2.59. The average molecular weight is 223 g/mol. The Bertz CT molecular complexity index is 421. The Morgan fingerprint density at radius 2 is 2.19 bits per heavy atom. The monoisotopic (exact) mass is 223 g/mol. The van der Waals surface area contributed by atoms with Crippen LogP contribution in [-0.2, 0) is 9.59 Å². The van der Waals surface area contributed by atoms with Gasteiger partial charge in [-0.2, -0.15) is 5.10 Å². The molecule has 0 saturated heterocycles. The standard InChI is InChI=1S/C10H13N3O3/c1-6(2)7-5-8(13-12-7)11-9(14)3-4-10(15)16/h3-6H,1-2H3,(H,15,16)(H2,11,12,13,14)/b4-3+. The molecule has 0 aliphatic carbocycles. The molecule has 0 aliphatic heterocycles. The fourth-order valence-corrected chi connectivity index (χ4v) is 1.01. The zero-order chi connectivity index (χ0) is 12.1. The van der Waals surface area contributed by atoms with E-state index < -0.39 is 11.9 Å². The summed E-state index contributed by atoms with van der Waals surface area (Å²) in [5.41, 5.74) is 0.900. The highest BCUT2D eigenvalue weighted by molar-refractivity contribution is 6.01. The number of hydrogen-bond acceptors (Lipinski definition) is 3. The summed E-state index contributed by atoms with van der Waals surface area (Å²) in [5, 5.41) is 17.4. The smallest absolute Gasteiger partial charge is 0.328 e. The number of nitrogens with zero attached hydrogens (tertiary/aromatic N) is 1. The van der Waals surface area contributed by atoms with E-state index in [0.29, 0.717) is 5.82 Å². The van der Waals surface area contributed by atoms with E-state index in [2.05, 4.69) is 15.5 Å². The van der Waals surface area contributed by atoms with Gasteiger partial charge >= 0.3 is 5.97 Å². The second-order valence-electron chi connectivity index (χ2n) is 3.52. The van der Waals surface area contributed by atoms with Gasteiger partial charge in [0, 0.05) is 23.9 Å². The maximum absolute atomic E-state index is 11.2. The number of aromatic amines is 1. The third kappa shape index (κ3) is 3.56. The van der Waals surface area contributed by atoms with E-state index >= 15 is 0 Å². The number of carboxylic acid groups (broad SMARTS) is 1. The molecule has 3 N–H and O–H groups in total. The summed E-state index contributed by atoms with van der Waals surface area (Å²) in [6, 6.07) is 1.71. The van der Waals surface area contributed by atoms with Gasteiger partial charge in [-0.3, -0.25) is 9.89 Å². The SMILES string of the molecule is CC(C)c1cc(NC(=O)/C=C/C(=O)O)n[nH]1. The molecule has 1 heterocycles. The van der Waals surface area contributed by atoms with Crippen molar-refractivity contribution in [1.82, 2.24) is 10.2 Å². The molecule has 0 saturated carbocycles. The van der Waals surface area contributed by atoms with Crippen LogP contribution in [0.1, 0.15) is 25.5 Å². The van der Waals surface area contributed by atoms with Gasteiger partial charge in [0.25, 0.3) is 0 Å². The van der Waals surface area contributed by atoms with E-state index in [-0.39, 0.29) is 5.92 Å². The predicted molar refractivity (Wildman–Crippen MR) is 58.1 cm³/mol. The molecule has 6 nitrogen and oxygen atoms in total. The third-order valence-corrected chi connectivity index (χ3v) is 1.85. The molecule has 0 fully saturated rings. The first kappa shape index (κ1) is 12.0. The van der Waals surface area contributed by atoms with Crippen LogP contribution < -0.4 is 5.32 Å². The average Bonchev–Trinajstić information content (AvgIpc) is 2.63. The molecule has 0 atom stereocenters. The van der Waals surface area contributed by atoms with Crippen LogP contribution in [0.2, 0.25) is 0 Å². The number of amides is 1. The van der Waals surface area contributed by atoms with Crippen LogP contribution in [0.5, 0.6) is 0 Å². The normalized spacial score (nSPS) is 10.9. The first-order chi connectivity index (χ1) is 7.49. The topological polar surface area (TPSA) is 95.1 Å². The van der Waals surface area contributed by atoms with Crippen molar-refractivity contribution in [3.8, 4) is 0 Å². The Kier molecular flexibility index (Phi) is 3.82. The van der Waals surface area contributed by atoms with E-state index in [1.807, 2.05) is 13.8 Å². The van der Waals surface area contributed by atoms with Gasteiger partial charge in [0.2, 0.25) is 5.91 Å². The highest BCUT2D eigenvalue weighted by Crippen LogP contribution is 2.14. The van der Waals surface area contributed by atoms with Gasteiger partial charge in [-0.15, -0.1) is 0 Å². The van der Waals surface area contributed by atoms with Crippen molar-refractivity contribution in [3.63, 3.8) is 0 Å². The van der Waals surface area contributed by atoms with Crippen LogP contribution in [0.3, 0.4) is 0 Å². The molecule has 1 amide bonds. The molecule has 0 aromatic carbocycles. The van der Waals surface area contributed by atoms with Crippen LogP contribution in [-0.4, -0.2) is 27.2 Å². The predicted octanol–water partition coefficient (Wildman–Crippen LogP) is 1.11. The van der Waals surface area contributed by atoms with Gasteiger partial charge in [-0.25, -0.2) is 4.79 Å². The second kappa shape index (κ2) is 5.11. The Hall–Kier alpha value is -2.11. The third-order valence-electron chi connectivity index (χ3n) is 1.85. The Morgan fingerprint density at radius 1 is 1.50 bits per heavy atom. The van der Waals surface area contributed by atoms with E-state index in [0.717, 1.165) is 17.8 Å². The van der Waals surface area contributed by atoms with Crippen molar-refractivity contribution in [1.29, 1.82) is 0 Å². The van der Waals surface area contributed by atoms with Crippen molar-refractivity contribution in [2.45, 2.75) is 19.8 Å². The Labute approximate surface area is 92.4 Å². The van der Waals surface area contributed by atoms with Gasteiger partial charge in [-0.05, 0) is 5.92 Å². The second-order valence-corrected chi connectivity index (χ2v) is 3.52. The molecule has 16 heavy (non-hydrogen) atoms. The van der Waals surface area contributed by atoms with Gasteiger partial charge in [0.1, 0.15) is 0 Å². The molecule has 1 rings (SSSR count). The lowest BCUT2D eigenvalue weighted by molar-refractivity contribution is -0.131. The molecular weight excluding hydrogens is 210 g/mol. The van der Waals surface area contributed by atoms with Gasteiger partial charge < -0.3 is 10.4 Å². The molecular formula is C10H13N3O3. The maximum atomic E-state index is 11.2. The summed E-state index contributed by atoms with van der Waals surface area (Å²) in [6.07, 6.45) is 1.71. The molecule has 0 radical (unpaired) electrons. The summed E-state index contributed by atoms with van der Waals surface area (Å²) in [5.74, 6) is -1.03. The molecule has 1 aromatic rings. The lowest BCUT2D eigenvalue weighted by Gasteiger charge is -1.97. The first-order valence-corrected chi connectivity index (χ1v) is 4.76. The minimum atomic E-state index is -1.17. The molecule has 1 aromatic heterocycles. The van der Waals surface area contributed by atoms with Crippen molar-refractivity contribution in [2.75, 3.05) is 5.32 Å². The number of H-pyrrole nitrogens is 1. The summed E-state index contributed by atoms with van der Waals surface area (Å²) in [6.45, 7) is 3.98. The van der Waals surface area contributed by atoms with Crippen LogP contribution >= 0.6 is 0 Å². The van der Waals surface area contributed by atoms with Gasteiger partial charge in [0.05, 0.1) is 0 Å². The van der Waals surface area contributed by atoms with Crippen LogP contribution in [0.4, 0.5) is 5.82 Å². The number of carbonyl (C=O) groups is 2. The van der Waals surface area contributed by atoms with Crippen molar-refractivity contribution in [3.05, 3.63) is 23.9 Å². The minimum Gasteiger partial charge on any atom is -0.478 e. The number of carbonyl (C=O) groups excluding carboxylic acids is 1. The highest BCUT2D eigenvalue weighted by Gasteiger charge is 2.06. The molecule has 0 spiro atoms.